The molecule has 0 aliphatic carbocycles. The summed E-state index contributed by atoms with van der Waals surface area (Å²) in [6.07, 6.45) is 1.60. The Balaban J connectivity index is 2.67. The van der Waals surface area contributed by atoms with Crippen molar-refractivity contribution in [2.24, 2.45) is 0 Å². The van der Waals surface area contributed by atoms with E-state index in [9.17, 15) is 4.39 Å². The van der Waals surface area contributed by atoms with Crippen LogP contribution in [0, 0.1) is 5.82 Å². The number of hydrogen-bond acceptors (Lipinski definition) is 1. The van der Waals surface area contributed by atoms with Crippen molar-refractivity contribution >= 4 is 0 Å². The fraction of sp³-hybridized carbons (Fsp3) is 0.286. The van der Waals surface area contributed by atoms with E-state index in [1.54, 1.807) is 12.3 Å². The van der Waals surface area contributed by atoms with Crippen LogP contribution in [-0.2, 0) is 5.41 Å². The van der Waals surface area contributed by atoms with E-state index in [4.69, 9.17) is 4.42 Å². The Kier molecular flexibility index (Phi) is 2.58. The lowest BCUT2D eigenvalue weighted by atomic mass is 9.82. The molecule has 1 aromatic carbocycles. The van der Waals surface area contributed by atoms with E-state index in [0.717, 1.165) is 5.56 Å². The van der Waals surface area contributed by atoms with E-state index in [2.05, 4.69) is 0 Å². The van der Waals surface area contributed by atoms with Gasteiger partial charge in [-0.25, -0.2) is 4.39 Å². The summed E-state index contributed by atoms with van der Waals surface area (Å²) in [5, 5.41) is 0. The third kappa shape index (κ3) is 1.87. The first kappa shape index (κ1) is 10.9. The Morgan fingerprint density at radius 3 is 2.38 bits per heavy atom. The zero-order chi connectivity index (χ0) is 11.8. The molecule has 1 heterocycles. The maximum Gasteiger partial charge on any atom is 0.134 e. The van der Waals surface area contributed by atoms with Gasteiger partial charge in [0.25, 0.3) is 0 Å². The van der Waals surface area contributed by atoms with Crippen molar-refractivity contribution in [2.75, 3.05) is 0 Å². The highest BCUT2D eigenvalue weighted by Gasteiger charge is 2.23. The Bertz CT molecular complexity index is 478. The maximum atomic E-state index is 13.9. The summed E-state index contributed by atoms with van der Waals surface area (Å²) in [6.45, 7) is 5.99. The zero-order valence-corrected chi connectivity index (χ0v) is 9.75. The van der Waals surface area contributed by atoms with Crippen LogP contribution in [0.15, 0.2) is 41.0 Å². The third-order valence-electron chi connectivity index (χ3n) is 2.55. The molecular weight excluding hydrogens is 203 g/mol. The zero-order valence-electron chi connectivity index (χ0n) is 9.75. The molecule has 2 rings (SSSR count). The lowest BCUT2D eigenvalue weighted by Crippen LogP contribution is -2.15. The summed E-state index contributed by atoms with van der Waals surface area (Å²) < 4.78 is 19.2. The molecule has 1 nitrogen and oxygen atoms in total. The molecule has 0 bridgehead atoms. The molecule has 2 heteroatoms. The summed E-state index contributed by atoms with van der Waals surface area (Å²) in [7, 11) is 0. The van der Waals surface area contributed by atoms with Crippen LogP contribution in [0.5, 0.6) is 0 Å². The van der Waals surface area contributed by atoms with E-state index in [1.807, 2.05) is 39.0 Å². The molecular formula is C14H15FO. The van der Waals surface area contributed by atoms with Crippen molar-refractivity contribution in [3.63, 3.8) is 0 Å². The first-order valence-electron chi connectivity index (χ1n) is 5.33. The second-order valence-electron chi connectivity index (χ2n) is 4.89. The summed E-state index contributed by atoms with van der Waals surface area (Å²) >= 11 is 0. The van der Waals surface area contributed by atoms with Gasteiger partial charge in [-0.05, 0) is 23.6 Å². The largest absolute Gasteiger partial charge is 0.464 e. The molecule has 0 spiro atoms. The minimum atomic E-state index is -0.243. The first-order valence-corrected chi connectivity index (χ1v) is 5.33. The van der Waals surface area contributed by atoms with Crippen LogP contribution in [0.2, 0.25) is 0 Å². The van der Waals surface area contributed by atoms with Gasteiger partial charge in [0.2, 0.25) is 0 Å². The topological polar surface area (TPSA) is 13.1 Å². The van der Waals surface area contributed by atoms with E-state index >= 15 is 0 Å². The Morgan fingerprint density at radius 2 is 1.81 bits per heavy atom. The summed E-state index contributed by atoms with van der Waals surface area (Å²) in [5.41, 5.74) is 1.29. The molecule has 0 atom stereocenters. The van der Waals surface area contributed by atoms with Gasteiger partial charge in [-0.1, -0.05) is 32.9 Å². The minimum absolute atomic E-state index is 0.179. The van der Waals surface area contributed by atoms with E-state index in [1.165, 1.54) is 6.07 Å². The second kappa shape index (κ2) is 3.78. The monoisotopic (exact) mass is 218 g/mol. The van der Waals surface area contributed by atoms with Crippen molar-refractivity contribution in [3.05, 3.63) is 48.0 Å². The molecule has 1 aromatic heterocycles. The second-order valence-corrected chi connectivity index (χ2v) is 4.89. The normalized spacial score (nSPS) is 11.8. The smallest absolute Gasteiger partial charge is 0.134 e. The summed E-state index contributed by atoms with van der Waals surface area (Å²) in [4.78, 5) is 0. The van der Waals surface area contributed by atoms with E-state index in [0.29, 0.717) is 11.3 Å². The highest BCUT2D eigenvalue weighted by Crippen LogP contribution is 2.34. The first-order chi connectivity index (χ1) is 7.50. The molecule has 0 saturated heterocycles. The minimum Gasteiger partial charge on any atom is -0.464 e. The number of furan rings is 1. The van der Waals surface area contributed by atoms with Gasteiger partial charge in [0.15, 0.2) is 0 Å². The Hall–Kier alpha value is -1.57. The number of benzene rings is 1. The Labute approximate surface area is 94.9 Å². The molecule has 0 amide bonds. The highest BCUT2D eigenvalue weighted by atomic mass is 19.1. The predicted molar refractivity (Wildman–Crippen MR) is 62.8 cm³/mol. The average molecular weight is 218 g/mol. The predicted octanol–water partition coefficient (Wildman–Crippen LogP) is 4.38. The van der Waals surface area contributed by atoms with Crippen LogP contribution in [0.3, 0.4) is 0 Å². The van der Waals surface area contributed by atoms with Crippen LogP contribution in [-0.4, -0.2) is 0 Å². The molecule has 84 valence electrons. The molecule has 0 unspecified atom stereocenters. The number of rotatable bonds is 1. The maximum absolute atomic E-state index is 13.9. The quantitative estimate of drug-likeness (QED) is 0.692. The van der Waals surface area contributed by atoms with Crippen molar-refractivity contribution in [1.82, 2.24) is 0 Å². The van der Waals surface area contributed by atoms with Gasteiger partial charge in [0.1, 0.15) is 11.6 Å². The van der Waals surface area contributed by atoms with Gasteiger partial charge in [0, 0.05) is 11.1 Å². The Morgan fingerprint density at radius 1 is 1.06 bits per heavy atom. The van der Waals surface area contributed by atoms with Crippen LogP contribution in [0.4, 0.5) is 4.39 Å². The van der Waals surface area contributed by atoms with Gasteiger partial charge in [-0.15, -0.1) is 0 Å². The molecule has 0 N–H and O–H groups in total. The molecule has 0 fully saturated rings. The third-order valence-corrected chi connectivity index (χ3v) is 2.55. The fourth-order valence-corrected chi connectivity index (χ4v) is 1.92. The van der Waals surface area contributed by atoms with Crippen molar-refractivity contribution < 1.29 is 8.81 Å². The molecule has 0 saturated carbocycles. The lowest BCUT2D eigenvalue weighted by molar-refractivity contribution is 0.518. The van der Waals surface area contributed by atoms with Crippen LogP contribution in [0.1, 0.15) is 26.3 Å². The van der Waals surface area contributed by atoms with Crippen molar-refractivity contribution in [2.45, 2.75) is 26.2 Å². The van der Waals surface area contributed by atoms with Gasteiger partial charge >= 0.3 is 0 Å². The van der Waals surface area contributed by atoms with Crippen molar-refractivity contribution in [1.29, 1.82) is 0 Å². The summed E-state index contributed by atoms with van der Waals surface area (Å²) in [6, 6.07) is 8.76. The molecule has 0 aliphatic heterocycles. The summed E-state index contributed by atoms with van der Waals surface area (Å²) in [5.74, 6) is 0.533. The van der Waals surface area contributed by atoms with Gasteiger partial charge < -0.3 is 4.42 Å². The molecule has 2 aromatic rings. The molecule has 0 radical (unpaired) electrons. The van der Waals surface area contributed by atoms with E-state index < -0.39 is 0 Å². The van der Waals surface area contributed by atoms with Crippen LogP contribution in [0.25, 0.3) is 11.3 Å². The van der Waals surface area contributed by atoms with Crippen LogP contribution < -0.4 is 0 Å². The standard InChI is InChI=1S/C14H15FO/c1-14(2,3)13-10(6-4-7-11(13)15)12-8-5-9-16-12/h4-9H,1-3H3. The van der Waals surface area contributed by atoms with Crippen molar-refractivity contribution in [3.8, 4) is 11.3 Å². The van der Waals surface area contributed by atoms with Crippen LogP contribution >= 0.6 is 0 Å². The van der Waals surface area contributed by atoms with Gasteiger partial charge in [-0.2, -0.15) is 0 Å². The molecule has 0 aliphatic rings. The van der Waals surface area contributed by atoms with Gasteiger partial charge in [0.05, 0.1) is 6.26 Å². The van der Waals surface area contributed by atoms with E-state index in [-0.39, 0.29) is 11.2 Å². The number of halogens is 1. The fourth-order valence-electron chi connectivity index (χ4n) is 1.92. The highest BCUT2D eigenvalue weighted by molar-refractivity contribution is 5.64. The SMILES string of the molecule is CC(C)(C)c1c(F)cccc1-c1ccco1. The lowest BCUT2D eigenvalue weighted by Gasteiger charge is -2.22. The average Bonchev–Trinajstić information content (AvgIpc) is 2.67. The van der Waals surface area contributed by atoms with Gasteiger partial charge in [-0.3, -0.25) is 0 Å². The number of hydrogen-bond donors (Lipinski definition) is 0. The molecule has 16 heavy (non-hydrogen) atoms.